The Balaban J connectivity index is 1.74. The average Bonchev–Trinajstić information content (AvgIpc) is 3.08. The highest BCUT2D eigenvalue weighted by Crippen LogP contribution is 2.34. The summed E-state index contributed by atoms with van der Waals surface area (Å²) in [6.07, 6.45) is 4.11. The summed E-state index contributed by atoms with van der Waals surface area (Å²) in [6.45, 7) is 4.29. The first-order valence-electron chi connectivity index (χ1n) is 8.10. The van der Waals surface area contributed by atoms with E-state index in [2.05, 4.69) is 64.2 Å². The van der Waals surface area contributed by atoms with Crippen LogP contribution in [0, 0.1) is 0 Å². The van der Waals surface area contributed by atoms with E-state index in [-0.39, 0.29) is 11.9 Å². The van der Waals surface area contributed by atoms with Gasteiger partial charge in [-0.2, -0.15) is 0 Å². The largest absolute Gasteiger partial charge is 0.361 e. The van der Waals surface area contributed by atoms with Gasteiger partial charge in [-0.05, 0) is 48.4 Å². The number of anilines is 2. The zero-order valence-corrected chi connectivity index (χ0v) is 13.3. The number of H-pyrrole nitrogens is 1. The average molecular weight is 317 g/mol. The second-order valence-corrected chi connectivity index (χ2v) is 6.10. The second-order valence-electron chi connectivity index (χ2n) is 6.10. The van der Waals surface area contributed by atoms with E-state index in [0.717, 1.165) is 24.2 Å². The van der Waals surface area contributed by atoms with Crippen LogP contribution in [0.15, 0.2) is 67.4 Å². The Morgan fingerprint density at radius 1 is 1.25 bits per heavy atom. The molecule has 2 heterocycles. The van der Waals surface area contributed by atoms with E-state index in [1.54, 1.807) is 0 Å². The number of benzene rings is 2. The van der Waals surface area contributed by atoms with Crippen molar-refractivity contribution >= 4 is 28.2 Å². The fraction of sp³-hybridized carbons (Fsp3) is 0.150. The SMILES string of the molecule is C=CC(=O)NC1Cc2ccccc2N(c2ccc3[nH]ccc3c2)C1. The lowest BCUT2D eigenvalue weighted by atomic mass is 9.97. The predicted octanol–water partition coefficient (Wildman–Crippen LogP) is 3.53. The molecule has 1 unspecified atom stereocenters. The molecule has 1 aromatic heterocycles. The molecular formula is C20H19N3O. The number of rotatable bonds is 3. The summed E-state index contributed by atoms with van der Waals surface area (Å²) in [5, 5.41) is 4.22. The molecule has 120 valence electrons. The quantitative estimate of drug-likeness (QED) is 0.726. The van der Waals surface area contributed by atoms with Gasteiger partial charge in [0.15, 0.2) is 0 Å². The van der Waals surface area contributed by atoms with Crippen LogP contribution >= 0.6 is 0 Å². The normalized spacial score (nSPS) is 16.7. The molecule has 0 bridgehead atoms. The zero-order valence-electron chi connectivity index (χ0n) is 13.3. The Morgan fingerprint density at radius 2 is 2.12 bits per heavy atom. The Hall–Kier alpha value is -3.01. The summed E-state index contributed by atoms with van der Waals surface area (Å²) in [5.74, 6) is -0.125. The number of fused-ring (bicyclic) bond motifs is 2. The van der Waals surface area contributed by atoms with Crippen LogP contribution in [0.3, 0.4) is 0 Å². The van der Waals surface area contributed by atoms with E-state index in [9.17, 15) is 4.79 Å². The number of nitrogens with one attached hydrogen (secondary N) is 2. The Kier molecular flexibility index (Phi) is 3.58. The number of carbonyl (C=O) groups is 1. The molecule has 0 aliphatic carbocycles. The van der Waals surface area contributed by atoms with Crippen molar-refractivity contribution in [3.8, 4) is 0 Å². The molecule has 4 heteroatoms. The molecule has 0 spiro atoms. The van der Waals surface area contributed by atoms with Crippen LogP contribution in [0.1, 0.15) is 5.56 Å². The van der Waals surface area contributed by atoms with Crippen molar-refractivity contribution in [2.24, 2.45) is 0 Å². The third kappa shape index (κ3) is 2.56. The second kappa shape index (κ2) is 5.89. The van der Waals surface area contributed by atoms with Gasteiger partial charge in [0.2, 0.25) is 5.91 Å². The van der Waals surface area contributed by atoms with Gasteiger partial charge >= 0.3 is 0 Å². The molecule has 2 N–H and O–H groups in total. The maximum atomic E-state index is 11.7. The molecule has 1 aliphatic heterocycles. The number of para-hydroxylation sites is 1. The zero-order chi connectivity index (χ0) is 16.5. The fourth-order valence-electron chi connectivity index (χ4n) is 3.41. The number of hydrogen-bond donors (Lipinski definition) is 2. The number of nitrogens with zero attached hydrogens (tertiary/aromatic N) is 1. The predicted molar refractivity (Wildman–Crippen MR) is 97.6 cm³/mol. The fourth-order valence-corrected chi connectivity index (χ4v) is 3.41. The van der Waals surface area contributed by atoms with Crippen LogP contribution in [0.2, 0.25) is 0 Å². The van der Waals surface area contributed by atoms with Crippen molar-refractivity contribution in [2.75, 3.05) is 11.4 Å². The summed E-state index contributed by atoms with van der Waals surface area (Å²) >= 11 is 0. The van der Waals surface area contributed by atoms with Crippen molar-refractivity contribution in [1.29, 1.82) is 0 Å². The molecule has 0 fully saturated rings. The maximum Gasteiger partial charge on any atom is 0.243 e. The summed E-state index contributed by atoms with van der Waals surface area (Å²) < 4.78 is 0. The highest BCUT2D eigenvalue weighted by Gasteiger charge is 2.26. The number of hydrogen-bond acceptors (Lipinski definition) is 2. The van der Waals surface area contributed by atoms with E-state index < -0.39 is 0 Å². The van der Waals surface area contributed by atoms with Crippen LogP contribution in [0.25, 0.3) is 10.9 Å². The molecule has 4 rings (SSSR count). The molecule has 1 amide bonds. The summed E-state index contributed by atoms with van der Waals surface area (Å²) in [7, 11) is 0. The number of amides is 1. The van der Waals surface area contributed by atoms with E-state index in [0.29, 0.717) is 0 Å². The van der Waals surface area contributed by atoms with E-state index in [1.165, 1.54) is 22.7 Å². The van der Waals surface area contributed by atoms with Crippen LogP contribution in [-0.4, -0.2) is 23.5 Å². The highest BCUT2D eigenvalue weighted by molar-refractivity contribution is 5.88. The molecule has 1 atom stereocenters. The minimum absolute atomic E-state index is 0.0623. The smallest absolute Gasteiger partial charge is 0.243 e. The van der Waals surface area contributed by atoms with Gasteiger partial charge in [0.25, 0.3) is 0 Å². The molecular weight excluding hydrogens is 298 g/mol. The van der Waals surface area contributed by atoms with Gasteiger partial charge in [0.1, 0.15) is 0 Å². The van der Waals surface area contributed by atoms with Gasteiger partial charge in [-0.1, -0.05) is 24.8 Å². The van der Waals surface area contributed by atoms with E-state index in [4.69, 9.17) is 0 Å². The lowest BCUT2D eigenvalue weighted by Crippen LogP contribution is -2.46. The lowest BCUT2D eigenvalue weighted by Gasteiger charge is -2.36. The third-order valence-electron chi connectivity index (χ3n) is 4.53. The first-order chi connectivity index (χ1) is 11.7. The lowest BCUT2D eigenvalue weighted by molar-refractivity contribution is -0.117. The molecule has 0 saturated heterocycles. The molecule has 24 heavy (non-hydrogen) atoms. The van der Waals surface area contributed by atoms with Crippen LogP contribution in [0.4, 0.5) is 11.4 Å². The number of aromatic nitrogens is 1. The van der Waals surface area contributed by atoms with Gasteiger partial charge in [0, 0.05) is 35.0 Å². The van der Waals surface area contributed by atoms with Gasteiger partial charge < -0.3 is 15.2 Å². The molecule has 0 saturated carbocycles. The van der Waals surface area contributed by atoms with Gasteiger partial charge in [-0.3, -0.25) is 4.79 Å². The third-order valence-corrected chi connectivity index (χ3v) is 4.53. The summed E-state index contributed by atoms with van der Waals surface area (Å²) in [5.41, 5.74) is 4.71. The molecule has 2 aromatic carbocycles. The number of aromatic amines is 1. The van der Waals surface area contributed by atoms with Gasteiger partial charge in [-0.15, -0.1) is 0 Å². The van der Waals surface area contributed by atoms with Crippen molar-refractivity contribution in [3.05, 3.63) is 72.9 Å². The Bertz CT molecular complexity index is 912. The summed E-state index contributed by atoms with van der Waals surface area (Å²) in [4.78, 5) is 17.2. The topological polar surface area (TPSA) is 48.1 Å². The van der Waals surface area contributed by atoms with Crippen LogP contribution in [-0.2, 0) is 11.2 Å². The van der Waals surface area contributed by atoms with Crippen molar-refractivity contribution in [3.63, 3.8) is 0 Å². The molecule has 1 aliphatic rings. The van der Waals surface area contributed by atoms with Gasteiger partial charge in [0.05, 0.1) is 6.04 Å². The van der Waals surface area contributed by atoms with Crippen molar-refractivity contribution < 1.29 is 4.79 Å². The van der Waals surface area contributed by atoms with Crippen molar-refractivity contribution in [2.45, 2.75) is 12.5 Å². The monoisotopic (exact) mass is 317 g/mol. The van der Waals surface area contributed by atoms with E-state index >= 15 is 0 Å². The van der Waals surface area contributed by atoms with Gasteiger partial charge in [-0.25, -0.2) is 0 Å². The standard InChI is InChI=1S/C20H19N3O/c1-2-20(24)22-16-11-15-5-3-4-6-19(15)23(13-16)17-7-8-18-14(12-17)9-10-21-18/h2-10,12,16,21H,1,11,13H2,(H,22,24). The molecule has 0 radical (unpaired) electrons. The van der Waals surface area contributed by atoms with E-state index in [1.807, 2.05) is 12.3 Å². The molecule has 3 aromatic rings. The van der Waals surface area contributed by atoms with Crippen molar-refractivity contribution in [1.82, 2.24) is 10.3 Å². The Morgan fingerprint density at radius 3 is 3.00 bits per heavy atom. The van der Waals surface area contributed by atoms with Crippen LogP contribution in [0.5, 0.6) is 0 Å². The number of carbonyl (C=O) groups excluding carboxylic acids is 1. The first kappa shape index (κ1) is 14.6. The van der Waals surface area contributed by atoms with Crippen LogP contribution < -0.4 is 10.2 Å². The molecule has 4 nitrogen and oxygen atoms in total. The Labute approximate surface area is 140 Å². The minimum atomic E-state index is -0.125. The summed E-state index contributed by atoms with van der Waals surface area (Å²) in [6, 6.07) is 16.9. The maximum absolute atomic E-state index is 11.7. The minimum Gasteiger partial charge on any atom is -0.361 e. The highest BCUT2D eigenvalue weighted by atomic mass is 16.1. The first-order valence-corrected chi connectivity index (χ1v) is 8.10.